The van der Waals surface area contributed by atoms with Crippen LogP contribution in [0.15, 0.2) is 47.5 Å². The van der Waals surface area contributed by atoms with Gasteiger partial charge in [0.1, 0.15) is 29.5 Å². The number of benzene rings is 1. The molecule has 0 saturated heterocycles. The fourth-order valence-corrected chi connectivity index (χ4v) is 4.09. The predicted octanol–water partition coefficient (Wildman–Crippen LogP) is 2.80. The van der Waals surface area contributed by atoms with Gasteiger partial charge in [0.25, 0.3) is 5.56 Å². The lowest BCUT2D eigenvalue weighted by atomic mass is 10.0. The van der Waals surface area contributed by atoms with E-state index in [0.29, 0.717) is 39.5 Å². The van der Waals surface area contributed by atoms with Crippen molar-refractivity contribution in [3.8, 4) is 34.3 Å². The molecule has 10 heteroatoms. The number of fused-ring (bicyclic) bond motifs is 7. The molecule has 4 aromatic rings. The fraction of sp³-hybridized carbons (Fsp3) is 0.174. The molecule has 1 aliphatic heterocycles. The third-order valence-electron chi connectivity index (χ3n) is 5.64. The number of nitrogens with zero attached hydrogens (tertiary/aromatic N) is 6. The lowest BCUT2D eigenvalue weighted by Gasteiger charge is -2.22. The lowest BCUT2D eigenvalue weighted by Crippen LogP contribution is -2.24. The van der Waals surface area contributed by atoms with Crippen LogP contribution in [0, 0.1) is 17.1 Å². The van der Waals surface area contributed by atoms with Crippen LogP contribution >= 0.6 is 0 Å². The van der Waals surface area contributed by atoms with Crippen molar-refractivity contribution in [1.29, 1.82) is 5.26 Å². The Morgan fingerprint density at radius 1 is 1.27 bits per heavy atom. The highest BCUT2D eigenvalue weighted by Gasteiger charge is 2.25. The van der Waals surface area contributed by atoms with Gasteiger partial charge in [-0.2, -0.15) is 10.4 Å². The highest BCUT2D eigenvalue weighted by atomic mass is 19.1. The molecule has 0 spiro atoms. The number of hydrogen-bond acceptors (Lipinski definition) is 7. The molecule has 1 aliphatic rings. The number of aromatic nitrogens is 5. The Morgan fingerprint density at radius 2 is 2.09 bits per heavy atom. The zero-order valence-corrected chi connectivity index (χ0v) is 17.8. The Bertz CT molecular complexity index is 1520. The molecule has 0 saturated carbocycles. The molecule has 1 unspecified atom stereocenters. The van der Waals surface area contributed by atoms with Gasteiger partial charge in [-0.15, -0.1) is 0 Å². The summed E-state index contributed by atoms with van der Waals surface area (Å²) in [6.45, 7) is 1.79. The predicted molar refractivity (Wildman–Crippen MR) is 118 cm³/mol. The molecular weight excluding hydrogens is 425 g/mol. The maximum Gasteiger partial charge on any atom is 0.254 e. The van der Waals surface area contributed by atoms with E-state index in [2.05, 4.69) is 21.1 Å². The Labute approximate surface area is 187 Å². The maximum absolute atomic E-state index is 14.2. The summed E-state index contributed by atoms with van der Waals surface area (Å²) in [5.74, 6) is 0.317. The molecule has 1 aromatic carbocycles. The molecule has 9 nitrogen and oxygen atoms in total. The summed E-state index contributed by atoms with van der Waals surface area (Å²) in [4.78, 5) is 21.6. The maximum atomic E-state index is 14.2. The second-order valence-corrected chi connectivity index (χ2v) is 7.70. The van der Waals surface area contributed by atoms with Gasteiger partial charge in [-0.25, -0.2) is 14.4 Å². The third kappa shape index (κ3) is 3.30. The molecular formula is C23H18FN7O2. The van der Waals surface area contributed by atoms with E-state index in [0.717, 1.165) is 0 Å². The number of rotatable bonds is 0. The van der Waals surface area contributed by atoms with Gasteiger partial charge < -0.3 is 10.5 Å². The summed E-state index contributed by atoms with van der Waals surface area (Å²) in [7, 11) is 1.65. The van der Waals surface area contributed by atoms with Crippen LogP contribution in [0.2, 0.25) is 0 Å². The molecule has 0 radical (unpaired) electrons. The van der Waals surface area contributed by atoms with Crippen LogP contribution < -0.4 is 16.0 Å². The number of pyridine rings is 1. The van der Waals surface area contributed by atoms with Crippen LogP contribution in [0.5, 0.6) is 5.75 Å². The van der Waals surface area contributed by atoms with E-state index in [1.165, 1.54) is 39.8 Å². The van der Waals surface area contributed by atoms with E-state index in [1.807, 2.05) is 0 Å². The molecule has 1 atom stereocenters. The number of anilines is 1. The number of nitriles is 1. The molecule has 164 valence electrons. The number of nitrogen functional groups attached to an aromatic ring is 1. The van der Waals surface area contributed by atoms with Gasteiger partial charge in [0, 0.05) is 47.8 Å². The number of hydrogen-bond donors (Lipinski definition) is 1. The van der Waals surface area contributed by atoms with Gasteiger partial charge in [-0.3, -0.25) is 14.0 Å². The molecule has 2 bridgehead atoms. The average molecular weight is 443 g/mol. The first-order chi connectivity index (χ1) is 15.9. The molecule has 0 amide bonds. The van der Waals surface area contributed by atoms with Gasteiger partial charge in [0.2, 0.25) is 0 Å². The standard InChI is InChI=1S/C23H18FN7O2/c1-12-16-8-14(24)3-4-15(16)23-27-6-5-20(32)31(23)11-17-21(18(9-25)30(2)29-17)13-7-19(33-12)22(26)28-10-13/h3-8,10,12H,11H2,1-2H3,(H2,26,28). The van der Waals surface area contributed by atoms with Gasteiger partial charge in [0.15, 0.2) is 11.6 Å². The Hall–Kier alpha value is -4.52. The highest BCUT2D eigenvalue weighted by Crippen LogP contribution is 2.37. The van der Waals surface area contributed by atoms with Crippen LogP contribution in [0.25, 0.3) is 22.5 Å². The van der Waals surface area contributed by atoms with E-state index in [9.17, 15) is 14.4 Å². The fourth-order valence-electron chi connectivity index (χ4n) is 4.09. The monoisotopic (exact) mass is 443 g/mol. The number of ether oxygens (including phenoxy) is 1. The average Bonchev–Trinajstić information content (AvgIpc) is 3.10. The first-order valence-electron chi connectivity index (χ1n) is 10.1. The van der Waals surface area contributed by atoms with E-state index in [1.54, 1.807) is 26.1 Å². The molecule has 4 heterocycles. The van der Waals surface area contributed by atoms with Crippen molar-refractivity contribution in [2.75, 3.05) is 5.73 Å². The Morgan fingerprint density at radius 3 is 2.88 bits per heavy atom. The minimum absolute atomic E-state index is 0.0403. The van der Waals surface area contributed by atoms with Crippen molar-refractivity contribution in [3.05, 3.63) is 75.8 Å². The van der Waals surface area contributed by atoms with Gasteiger partial charge in [-0.1, -0.05) is 0 Å². The van der Waals surface area contributed by atoms with Gasteiger partial charge >= 0.3 is 0 Å². The second kappa shape index (κ2) is 7.56. The van der Waals surface area contributed by atoms with E-state index >= 15 is 0 Å². The van der Waals surface area contributed by atoms with Crippen molar-refractivity contribution in [3.63, 3.8) is 0 Å². The molecule has 5 rings (SSSR count). The Kier molecular flexibility index (Phi) is 4.67. The van der Waals surface area contributed by atoms with Crippen LogP contribution in [-0.4, -0.2) is 24.3 Å². The lowest BCUT2D eigenvalue weighted by molar-refractivity contribution is 0.227. The smallest absolute Gasteiger partial charge is 0.254 e. The van der Waals surface area contributed by atoms with Crippen LogP contribution in [-0.2, 0) is 13.6 Å². The van der Waals surface area contributed by atoms with Crippen molar-refractivity contribution < 1.29 is 9.13 Å². The first-order valence-corrected chi connectivity index (χ1v) is 10.1. The second-order valence-electron chi connectivity index (χ2n) is 7.70. The van der Waals surface area contributed by atoms with Crippen molar-refractivity contribution >= 4 is 5.82 Å². The summed E-state index contributed by atoms with van der Waals surface area (Å²) >= 11 is 0. The summed E-state index contributed by atoms with van der Waals surface area (Å²) in [6.07, 6.45) is 2.28. The first kappa shape index (κ1) is 20.4. The van der Waals surface area contributed by atoms with Gasteiger partial charge in [0.05, 0.1) is 12.2 Å². The molecule has 2 N–H and O–H groups in total. The summed E-state index contributed by atoms with van der Waals surface area (Å²) in [5, 5.41) is 14.3. The summed E-state index contributed by atoms with van der Waals surface area (Å²) in [6, 6.07) is 9.40. The number of halogens is 1. The number of nitrogens with two attached hydrogens (primary N) is 1. The highest BCUT2D eigenvalue weighted by molar-refractivity contribution is 5.74. The minimum Gasteiger partial charge on any atom is -0.482 e. The van der Waals surface area contributed by atoms with Crippen molar-refractivity contribution in [2.24, 2.45) is 7.05 Å². The number of aryl methyl sites for hydroxylation is 1. The van der Waals surface area contributed by atoms with E-state index < -0.39 is 11.9 Å². The van der Waals surface area contributed by atoms with Crippen LogP contribution in [0.1, 0.15) is 30.0 Å². The van der Waals surface area contributed by atoms with Crippen LogP contribution in [0.4, 0.5) is 10.2 Å². The molecule has 33 heavy (non-hydrogen) atoms. The molecule has 0 aliphatic carbocycles. The quantitative estimate of drug-likeness (QED) is 0.443. The third-order valence-corrected chi connectivity index (χ3v) is 5.64. The summed E-state index contributed by atoms with van der Waals surface area (Å²) < 4.78 is 23.2. The minimum atomic E-state index is -0.649. The summed E-state index contributed by atoms with van der Waals surface area (Å²) in [5.41, 5.74) is 8.63. The van der Waals surface area contributed by atoms with Gasteiger partial charge in [-0.05, 0) is 31.2 Å². The Balaban J connectivity index is 1.88. The zero-order valence-electron chi connectivity index (χ0n) is 17.8. The SMILES string of the molecule is CC1Oc2cc(cnc2N)-c2c(nn(C)c2C#N)Cn2c(nccc2=O)-c2ccc(F)cc21. The van der Waals surface area contributed by atoms with Crippen molar-refractivity contribution in [2.45, 2.75) is 19.6 Å². The van der Waals surface area contributed by atoms with E-state index in [4.69, 9.17) is 10.5 Å². The molecule has 3 aromatic heterocycles. The molecule has 0 fully saturated rings. The van der Waals surface area contributed by atoms with Crippen LogP contribution in [0.3, 0.4) is 0 Å². The normalized spacial score (nSPS) is 14.5. The van der Waals surface area contributed by atoms with E-state index in [-0.39, 0.29) is 23.7 Å². The topological polar surface area (TPSA) is 125 Å². The van der Waals surface area contributed by atoms with Crippen molar-refractivity contribution in [1.82, 2.24) is 24.3 Å². The zero-order chi connectivity index (χ0) is 23.3. The largest absolute Gasteiger partial charge is 0.482 e.